The van der Waals surface area contributed by atoms with E-state index in [0.29, 0.717) is 17.5 Å². The van der Waals surface area contributed by atoms with Crippen molar-refractivity contribution in [1.29, 1.82) is 0 Å². The van der Waals surface area contributed by atoms with E-state index in [1.54, 1.807) is 11.3 Å². The Morgan fingerprint density at radius 1 is 0.351 bits per heavy atom. The van der Waals surface area contributed by atoms with Crippen LogP contribution in [0, 0.1) is 0 Å². The van der Waals surface area contributed by atoms with Crippen LogP contribution in [0.1, 0.15) is 0 Å². The molecule has 0 aliphatic carbocycles. The van der Waals surface area contributed by atoms with Gasteiger partial charge in [0.1, 0.15) is 11.2 Å². The first-order valence-corrected chi connectivity index (χ1v) is 19.8. The maximum atomic E-state index is 6.30. The van der Waals surface area contributed by atoms with Crippen LogP contribution in [0.3, 0.4) is 0 Å². The quantitative estimate of drug-likeness (QED) is 0.176. The summed E-state index contributed by atoms with van der Waals surface area (Å²) >= 11 is 1.80. The van der Waals surface area contributed by atoms with Crippen LogP contribution in [0.15, 0.2) is 186 Å². The molecule has 0 saturated carbocycles. The average Bonchev–Trinajstić information content (AvgIpc) is 3.95. The molecule has 0 saturated heterocycles. The van der Waals surface area contributed by atoms with Gasteiger partial charge in [-0.1, -0.05) is 103 Å². The molecule has 0 aliphatic rings. The molecular formula is C51H30N4OS. The van der Waals surface area contributed by atoms with Gasteiger partial charge in [0.25, 0.3) is 0 Å². The van der Waals surface area contributed by atoms with E-state index in [9.17, 15) is 0 Å². The summed E-state index contributed by atoms with van der Waals surface area (Å²) in [5, 5.41) is 7.02. The van der Waals surface area contributed by atoms with Crippen molar-refractivity contribution in [2.75, 3.05) is 0 Å². The van der Waals surface area contributed by atoms with Crippen molar-refractivity contribution in [2.45, 2.75) is 0 Å². The van der Waals surface area contributed by atoms with Crippen molar-refractivity contribution in [2.24, 2.45) is 0 Å². The van der Waals surface area contributed by atoms with Crippen LogP contribution in [-0.2, 0) is 0 Å². The number of hydrogen-bond acceptors (Lipinski definition) is 5. The van der Waals surface area contributed by atoms with E-state index in [2.05, 4.69) is 162 Å². The summed E-state index contributed by atoms with van der Waals surface area (Å²) in [7, 11) is 0. The van der Waals surface area contributed by atoms with Gasteiger partial charge in [0.05, 0.1) is 11.0 Å². The number of fused-ring (bicyclic) bond motifs is 9. The Morgan fingerprint density at radius 3 is 1.79 bits per heavy atom. The molecule has 0 atom stereocenters. The summed E-state index contributed by atoms with van der Waals surface area (Å²) in [5.74, 6) is 1.82. The zero-order chi connectivity index (χ0) is 37.5. The van der Waals surface area contributed by atoms with Gasteiger partial charge in [0.2, 0.25) is 0 Å². The van der Waals surface area contributed by atoms with E-state index in [0.717, 1.165) is 55.4 Å². The third-order valence-electron chi connectivity index (χ3n) is 11.0. The lowest BCUT2D eigenvalue weighted by atomic mass is 10.0. The fraction of sp³-hybridized carbons (Fsp3) is 0. The number of hydrogen-bond donors (Lipinski definition) is 0. The number of thiophene rings is 1. The zero-order valence-corrected chi connectivity index (χ0v) is 31.2. The Bertz CT molecular complexity index is 3540. The molecule has 0 fully saturated rings. The summed E-state index contributed by atoms with van der Waals surface area (Å²) < 4.78 is 11.1. The summed E-state index contributed by atoms with van der Waals surface area (Å²) in [5.41, 5.74) is 10.1. The highest BCUT2D eigenvalue weighted by molar-refractivity contribution is 7.25. The minimum atomic E-state index is 0.591. The Hall–Kier alpha value is -7.41. The number of benzene rings is 8. The second kappa shape index (κ2) is 12.6. The molecule has 8 aromatic carbocycles. The lowest BCUT2D eigenvalue weighted by molar-refractivity contribution is 0.669. The van der Waals surface area contributed by atoms with Gasteiger partial charge in [-0.2, -0.15) is 0 Å². The van der Waals surface area contributed by atoms with E-state index < -0.39 is 0 Å². The molecule has 0 bridgehead atoms. The Kier molecular flexibility index (Phi) is 7.03. The standard InChI is InChI=1S/C51H30N4OS/c1-2-13-36(14-3-1)55-43-18-7-4-15-37(43)41-28-32(22-25-44(41)55)31-11-10-12-33(27-31)49-52-50(34-23-26-48-42(29-34)40-17-6-9-20-47(40)57-48)54-51(53-49)35-21-24-39-38-16-5-8-19-45(38)56-46(39)30-35/h1-30H. The average molecular weight is 747 g/mol. The van der Waals surface area contributed by atoms with Gasteiger partial charge in [-0.05, 0) is 90.0 Å². The summed E-state index contributed by atoms with van der Waals surface area (Å²) in [4.78, 5) is 15.5. The van der Waals surface area contributed by atoms with Gasteiger partial charge in [0.15, 0.2) is 17.5 Å². The smallest absolute Gasteiger partial charge is 0.164 e. The second-order valence-corrected chi connectivity index (χ2v) is 15.5. The Labute approximate surface area is 330 Å². The Balaban J connectivity index is 1.02. The summed E-state index contributed by atoms with van der Waals surface area (Å²) in [6, 6.07) is 64.0. The van der Waals surface area contributed by atoms with Gasteiger partial charge in [0, 0.05) is 64.1 Å². The number of aromatic nitrogens is 4. The van der Waals surface area contributed by atoms with Crippen LogP contribution in [0.5, 0.6) is 0 Å². The number of rotatable bonds is 5. The molecule has 57 heavy (non-hydrogen) atoms. The molecule has 4 aromatic heterocycles. The van der Waals surface area contributed by atoms with Gasteiger partial charge >= 0.3 is 0 Å². The van der Waals surface area contributed by atoms with Gasteiger partial charge in [-0.15, -0.1) is 11.3 Å². The number of nitrogens with zero attached hydrogens (tertiary/aromatic N) is 4. The lowest BCUT2D eigenvalue weighted by Crippen LogP contribution is -2.00. The molecule has 12 aromatic rings. The molecule has 6 heteroatoms. The van der Waals surface area contributed by atoms with Crippen molar-refractivity contribution in [1.82, 2.24) is 19.5 Å². The normalized spacial score (nSPS) is 11.9. The van der Waals surface area contributed by atoms with E-state index in [1.165, 1.54) is 42.0 Å². The lowest BCUT2D eigenvalue weighted by Gasteiger charge is -2.10. The van der Waals surface area contributed by atoms with Crippen LogP contribution in [0.4, 0.5) is 0 Å². The fourth-order valence-electron chi connectivity index (χ4n) is 8.34. The second-order valence-electron chi connectivity index (χ2n) is 14.4. The maximum absolute atomic E-state index is 6.30. The van der Waals surface area contributed by atoms with Gasteiger partial charge < -0.3 is 8.98 Å². The van der Waals surface area contributed by atoms with E-state index >= 15 is 0 Å². The molecule has 0 amide bonds. The molecule has 0 radical (unpaired) electrons. The van der Waals surface area contributed by atoms with Crippen LogP contribution < -0.4 is 0 Å². The fourth-order valence-corrected chi connectivity index (χ4v) is 9.43. The maximum Gasteiger partial charge on any atom is 0.164 e. The number of para-hydroxylation sites is 3. The van der Waals surface area contributed by atoms with Crippen LogP contribution in [0.2, 0.25) is 0 Å². The molecule has 0 spiro atoms. The highest BCUT2D eigenvalue weighted by Crippen LogP contribution is 2.39. The molecule has 0 unspecified atom stereocenters. The topological polar surface area (TPSA) is 56.7 Å². The largest absolute Gasteiger partial charge is 0.456 e. The molecular weight excluding hydrogens is 717 g/mol. The highest BCUT2D eigenvalue weighted by atomic mass is 32.1. The molecule has 0 aliphatic heterocycles. The molecule has 266 valence electrons. The van der Waals surface area contributed by atoms with Crippen molar-refractivity contribution in [3.8, 4) is 51.0 Å². The number of furan rings is 1. The van der Waals surface area contributed by atoms with Crippen LogP contribution in [-0.4, -0.2) is 19.5 Å². The monoisotopic (exact) mass is 746 g/mol. The first kappa shape index (κ1) is 31.9. The molecule has 12 rings (SSSR count). The third-order valence-corrected chi connectivity index (χ3v) is 12.2. The van der Waals surface area contributed by atoms with E-state index in [-0.39, 0.29) is 0 Å². The first-order chi connectivity index (χ1) is 28.2. The van der Waals surface area contributed by atoms with Crippen molar-refractivity contribution >= 4 is 75.3 Å². The van der Waals surface area contributed by atoms with E-state index in [1.807, 2.05) is 24.3 Å². The Morgan fingerprint density at radius 2 is 0.930 bits per heavy atom. The predicted octanol–water partition coefficient (Wildman–Crippen LogP) is 13.9. The van der Waals surface area contributed by atoms with Crippen LogP contribution in [0.25, 0.3) is 115 Å². The van der Waals surface area contributed by atoms with Crippen LogP contribution >= 0.6 is 11.3 Å². The molecule has 0 N–H and O–H groups in total. The van der Waals surface area contributed by atoms with E-state index in [4.69, 9.17) is 19.4 Å². The zero-order valence-electron chi connectivity index (χ0n) is 30.4. The van der Waals surface area contributed by atoms with Crippen molar-refractivity contribution in [3.63, 3.8) is 0 Å². The minimum Gasteiger partial charge on any atom is -0.456 e. The molecule has 5 nitrogen and oxygen atoms in total. The third kappa shape index (κ3) is 5.19. The van der Waals surface area contributed by atoms with Crippen molar-refractivity contribution in [3.05, 3.63) is 182 Å². The van der Waals surface area contributed by atoms with Crippen molar-refractivity contribution < 1.29 is 4.42 Å². The SMILES string of the molecule is c1ccc(-n2c3ccccc3c3cc(-c4cccc(-c5nc(-c6ccc7c(c6)oc6ccccc67)nc(-c6ccc7sc8ccccc8c7c6)n5)c4)ccc32)cc1. The first-order valence-electron chi connectivity index (χ1n) is 19.0. The predicted molar refractivity (Wildman–Crippen MR) is 236 cm³/mol. The van der Waals surface area contributed by atoms with Gasteiger partial charge in [-0.3, -0.25) is 0 Å². The summed E-state index contributed by atoms with van der Waals surface area (Å²) in [6.07, 6.45) is 0. The molecule has 4 heterocycles. The minimum absolute atomic E-state index is 0.591. The van der Waals surface area contributed by atoms with Gasteiger partial charge in [-0.25, -0.2) is 15.0 Å². The summed E-state index contributed by atoms with van der Waals surface area (Å²) in [6.45, 7) is 0. The highest BCUT2D eigenvalue weighted by Gasteiger charge is 2.18.